The van der Waals surface area contributed by atoms with Gasteiger partial charge in [0, 0.05) is 10.5 Å². The summed E-state index contributed by atoms with van der Waals surface area (Å²) in [4.78, 5) is 17.0. The zero-order chi connectivity index (χ0) is 15.0. The Labute approximate surface area is 132 Å². The average Bonchev–Trinajstić information content (AvgIpc) is 3.22. The molecule has 0 bridgehead atoms. The summed E-state index contributed by atoms with van der Waals surface area (Å²) in [5, 5.41) is 0. The molecule has 4 nitrogen and oxygen atoms in total. The smallest absolute Gasteiger partial charge is 0.316 e. The average molecular weight is 351 g/mol. The van der Waals surface area contributed by atoms with Crippen LogP contribution in [0.4, 0.5) is 0 Å². The maximum Gasteiger partial charge on any atom is 0.316 e. The third-order valence-electron chi connectivity index (χ3n) is 3.88. The van der Waals surface area contributed by atoms with Gasteiger partial charge >= 0.3 is 5.97 Å². The lowest BCUT2D eigenvalue weighted by Gasteiger charge is -2.15. The fourth-order valence-electron chi connectivity index (χ4n) is 2.75. The van der Waals surface area contributed by atoms with Crippen LogP contribution in [0.5, 0.6) is 0 Å². The standard InChI is InChI=1S/C16H19BrN2O2/c1-3-12(16(20)21-4-2)15-18-13-9-10(17)5-8-14(13)19(15)11-6-7-11/h5,8-9,11-12H,3-4,6-7H2,1-2H3. The number of hydrogen-bond acceptors (Lipinski definition) is 3. The highest BCUT2D eigenvalue weighted by molar-refractivity contribution is 9.10. The van der Waals surface area contributed by atoms with Gasteiger partial charge in [0.1, 0.15) is 11.7 Å². The van der Waals surface area contributed by atoms with Gasteiger partial charge < -0.3 is 9.30 Å². The summed E-state index contributed by atoms with van der Waals surface area (Å²) in [7, 11) is 0. The fraction of sp³-hybridized carbons (Fsp3) is 0.500. The summed E-state index contributed by atoms with van der Waals surface area (Å²) in [6, 6.07) is 6.59. The number of nitrogens with zero attached hydrogens (tertiary/aromatic N) is 2. The number of esters is 1. The molecule has 1 heterocycles. The van der Waals surface area contributed by atoms with E-state index in [1.54, 1.807) is 0 Å². The SMILES string of the molecule is CCOC(=O)C(CC)c1nc2cc(Br)ccc2n1C1CC1. The van der Waals surface area contributed by atoms with E-state index in [0.717, 1.165) is 34.2 Å². The first-order valence-electron chi connectivity index (χ1n) is 7.49. The third kappa shape index (κ3) is 2.71. The number of benzene rings is 1. The fourth-order valence-corrected chi connectivity index (χ4v) is 3.10. The Morgan fingerprint density at radius 1 is 1.48 bits per heavy atom. The van der Waals surface area contributed by atoms with Crippen LogP contribution in [0.1, 0.15) is 50.9 Å². The van der Waals surface area contributed by atoms with Gasteiger partial charge in [-0.2, -0.15) is 0 Å². The van der Waals surface area contributed by atoms with E-state index < -0.39 is 0 Å². The van der Waals surface area contributed by atoms with Crippen LogP contribution in [0, 0.1) is 0 Å². The minimum absolute atomic E-state index is 0.170. The lowest BCUT2D eigenvalue weighted by Crippen LogP contribution is -2.19. The lowest BCUT2D eigenvalue weighted by atomic mass is 10.1. The normalized spacial score (nSPS) is 16.1. The second kappa shape index (κ2) is 5.79. The Balaban J connectivity index is 2.11. The highest BCUT2D eigenvalue weighted by Gasteiger charge is 2.33. The Morgan fingerprint density at radius 2 is 2.24 bits per heavy atom. The van der Waals surface area contributed by atoms with Crippen LogP contribution in [0.2, 0.25) is 0 Å². The number of carbonyl (C=O) groups excluding carboxylic acids is 1. The number of ether oxygens (including phenoxy) is 1. The summed E-state index contributed by atoms with van der Waals surface area (Å²) >= 11 is 3.49. The summed E-state index contributed by atoms with van der Waals surface area (Å²) in [6.45, 7) is 4.25. The van der Waals surface area contributed by atoms with E-state index in [9.17, 15) is 4.79 Å². The van der Waals surface area contributed by atoms with Gasteiger partial charge in [-0.15, -0.1) is 0 Å². The van der Waals surface area contributed by atoms with Crippen molar-refractivity contribution in [2.45, 2.75) is 45.1 Å². The van der Waals surface area contributed by atoms with E-state index >= 15 is 0 Å². The van der Waals surface area contributed by atoms with Crippen LogP contribution in [0.3, 0.4) is 0 Å². The van der Waals surface area contributed by atoms with Crippen molar-refractivity contribution in [1.29, 1.82) is 0 Å². The van der Waals surface area contributed by atoms with Crippen LogP contribution in [-0.2, 0) is 9.53 Å². The number of fused-ring (bicyclic) bond motifs is 1. The molecule has 21 heavy (non-hydrogen) atoms. The molecule has 2 aromatic rings. The molecule has 1 aliphatic rings. The molecule has 1 aromatic heterocycles. The Hall–Kier alpha value is -1.36. The molecule has 3 rings (SSSR count). The van der Waals surface area contributed by atoms with E-state index in [2.05, 4.69) is 26.6 Å². The largest absolute Gasteiger partial charge is 0.465 e. The van der Waals surface area contributed by atoms with Crippen molar-refractivity contribution in [1.82, 2.24) is 9.55 Å². The number of halogens is 1. The summed E-state index contributed by atoms with van der Waals surface area (Å²) < 4.78 is 8.47. The molecule has 5 heteroatoms. The van der Waals surface area contributed by atoms with Crippen LogP contribution >= 0.6 is 15.9 Å². The van der Waals surface area contributed by atoms with Crippen LogP contribution in [-0.4, -0.2) is 22.1 Å². The molecule has 1 aromatic carbocycles. The summed E-state index contributed by atoms with van der Waals surface area (Å²) in [6.07, 6.45) is 3.03. The van der Waals surface area contributed by atoms with Crippen molar-refractivity contribution in [3.05, 3.63) is 28.5 Å². The van der Waals surface area contributed by atoms with Crippen LogP contribution in [0.15, 0.2) is 22.7 Å². The highest BCUT2D eigenvalue weighted by atomic mass is 79.9. The number of imidazole rings is 1. The zero-order valence-electron chi connectivity index (χ0n) is 12.3. The molecule has 0 saturated heterocycles. The predicted octanol–water partition coefficient (Wildman–Crippen LogP) is 4.19. The Bertz CT molecular complexity index is 676. The molecular weight excluding hydrogens is 332 g/mol. The Kier molecular flexibility index (Phi) is 4.02. The summed E-state index contributed by atoms with van der Waals surface area (Å²) in [5.74, 6) is 0.402. The van der Waals surface area contributed by atoms with Crippen molar-refractivity contribution in [3.8, 4) is 0 Å². The van der Waals surface area contributed by atoms with Crippen molar-refractivity contribution < 1.29 is 9.53 Å². The molecule has 0 amide bonds. The van der Waals surface area contributed by atoms with Crippen molar-refractivity contribution in [2.75, 3.05) is 6.61 Å². The van der Waals surface area contributed by atoms with Gasteiger partial charge in [-0.05, 0) is 44.4 Å². The minimum atomic E-state index is -0.281. The van der Waals surface area contributed by atoms with E-state index in [4.69, 9.17) is 9.72 Å². The molecular formula is C16H19BrN2O2. The minimum Gasteiger partial charge on any atom is -0.465 e. The molecule has 1 aliphatic carbocycles. The molecule has 1 saturated carbocycles. The zero-order valence-corrected chi connectivity index (χ0v) is 13.9. The van der Waals surface area contributed by atoms with Gasteiger partial charge in [-0.1, -0.05) is 22.9 Å². The van der Waals surface area contributed by atoms with Gasteiger partial charge in [0.15, 0.2) is 0 Å². The molecule has 1 unspecified atom stereocenters. The van der Waals surface area contributed by atoms with E-state index in [1.807, 2.05) is 26.0 Å². The van der Waals surface area contributed by atoms with Gasteiger partial charge in [-0.3, -0.25) is 4.79 Å². The van der Waals surface area contributed by atoms with Gasteiger partial charge in [0.2, 0.25) is 0 Å². The van der Waals surface area contributed by atoms with Crippen molar-refractivity contribution in [3.63, 3.8) is 0 Å². The molecule has 0 N–H and O–H groups in total. The number of rotatable bonds is 5. The molecule has 0 radical (unpaired) electrons. The molecule has 1 fully saturated rings. The van der Waals surface area contributed by atoms with Crippen molar-refractivity contribution >= 4 is 32.9 Å². The van der Waals surface area contributed by atoms with Gasteiger partial charge in [0.05, 0.1) is 17.6 Å². The maximum atomic E-state index is 12.2. The van der Waals surface area contributed by atoms with Crippen LogP contribution in [0.25, 0.3) is 11.0 Å². The molecule has 1 atom stereocenters. The van der Waals surface area contributed by atoms with Gasteiger partial charge in [0.25, 0.3) is 0 Å². The topological polar surface area (TPSA) is 44.1 Å². The maximum absolute atomic E-state index is 12.2. The van der Waals surface area contributed by atoms with Gasteiger partial charge in [-0.25, -0.2) is 4.98 Å². The molecule has 0 aliphatic heterocycles. The van der Waals surface area contributed by atoms with E-state index in [-0.39, 0.29) is 11.9 Å². The van der Waals surface area contributed by atoms with E-state index in [0.29, 0.717) is 19.1 Å². The number of carbonyl (C=O) groups is 1. The number of aromatic nitrogens is 2. The first-order chi connectivity index (χ1) is 10.2. The first kappa shape index (κ1) is 14.6. The molecule has 0 spiro atoms. The first-order valence-corrected chi connectivity index (χ1v) is 8.29. The quantitative estimate of drug-likeness (QED) is 0.759. The third-order valence-corrected chi connectivity index (χ3v) is 4.38. The highest BCUT2D eigenvalue weighted by Crippen LogP contribution is 2.41. The number of hydrogen-bond donors (Lipinski definition) is 0. The van der Waals surface area contributed by atoms with Crippen molar-refractivity contribution in [2.24, 2.45) is 0 Å². The predicted molar refractivity (Wildman–Crippen MR) is 85.4 cm³/mol. The second-order valence-corrected chi connectivity index (χ2v) is 6.33. The monoisotopic (exact) mass is 350 g/mol. The lowest BCUT2D eigenvalue weighted by molar-refractivity contribution is -0.145. The Morgan fingerprint density at radius 3 is 2.86 bits per heavy atom. The summed E-state index contributed by atoms with van der Waals surface area (Å²) in [5.41, 5.74) is 2.05. The molecule has 112 valence electrons. The second-order valence-electron chi connectivity index (χ2n) is 5.42. The van der Waals surface area contributed by atoms with Crippen LogP contribution < -0.4 is 0 Å². The van der Waals surface area contributed by atoms with E-state index in [1.165, 1.54) is 0 Å².